The highest BCUT2D eigenvalue weighted by molar-refractivity contribution is 5.55. The van der Waals surface area contributed by atoms with Gasteiger partial charge in [-0.2, -0.15) is 0 Å². The van der Waals surface area contributed by atoms with Gasteiger partial charge in [-0.25, -0.2) is 0 Å². The minimum atomic E-state index is -0.0912. The number of anilines is 1. The maximum absolute atomic E-state index is 9.40. The molecule has 2 unspecified atom stereocenters. The lowest BCUT2D eigenvalue weighted by molar-refractivity contribution is -0.0421. The van der Waals surface area contributed by atoms with Gasteiger partial charge in [-0.05, 0) is 38.4 Å². The second kappa shape index (κ2) is 7.78. The van der Waals surface area contributed by atoms with Crippen LogP contribution >= 0.6 is 0 Å². The molecule has 1 aromatic rings. The molecule has 1 saturated heterocycles. The quantitative estimate of drug-likeness (QED) is 0.788. The summed E-state index contributed by atoms with van der Waals surface area (Å²) in [6.45, 7) is 10.0. The van der Waals surface area contributed by atoms with E-state index in [0.29, 0.717) is 0 Å². The van der Waals surface area contributed by atoms with Crippen molar-refractivity contribution in [2.45, 2.75) is 45.9 Å². The minimum absolute atomic E-state index is 0.0795. The van der Waals surface area contributed by atoms with E-state index in [1.165, 1.54) is 16.8 Å². The molecule has 2 N–H and O–H groups in total. The van der Waals surface area contributed by atoms with Gasteiger partial charge in [-0.1, -0.05) is 24.6 Å². The fraction of sp³-hybridized carbons (Fsp3) is 0.647. The van der Waals surface area contributed by atoms with Gasteiger partial charge in [-0.15, -0.1) is 0 Å². The molecule has 1 aromatic carbocycles. The summed E-state index contributed by atoms with van der Waals surface area (Å²) >= 11 is 0. The summed E-state index contributed by atoms with van der Waals surface area (Å²) in [5, 5.41) is 12.9. The third-order valence-electron chi connectivity index (χ3n) is 3.85. The minimum Gasteiger partial charge on any atom is -0.394 e. The van der Waals surface area contributed by atoms with E-state index in [-0.39, 0.29) is 18.8 Å². The van der Waals surface area contributed by atoms with Crippen molar-refractivity contribution in [2.24, 2.45) is 0 Å². The van der Waals surface area contributed by atoms with Gasteiger partial charge < -0.3 is 20.1 Å². The molecular weight excluding hydrogens is 264 g/mol. The number of ether oxygens (including phenoxy) is 1. The molecule has 4 nitrogen and oxygen atoms in total. The van der Waals surface area contributed by atoms with Gasteiger partial charge in [0, 0.05) is 25.3 Å². The molecule has 0 bridgehead atoms. The Morgan fingerprint density at radius 1 is 1.38 bits per heavy atom. The van der Waals surface area contributed by atoms with Gasteiger partial charge in [0.2, 0.25) is 0 Å². The van der Waals surface area contributed by atoms with E-state index in [4.69, 9.17) is 4.74 Å². The number of nitrogens with one attached hydrogen (secondary N) is 1. The Hall–Kier alpha value is -1.10. The third kappa shape index (κ3) is 4.43. The summed E-state index contributed by atoms with van der Waals surface area (Å²) in [5.41, 5.74) is 3.87. The van der Waals surface area contributed by atoms with Crippen molar-refractivity contribution in [3.05, 3.63) is 29.3 Å². The lowest BCUT2D eigenvalue weighted by Crippen LogP contribution is -2.48. The zero-order valence-corrected chi connectivity index (χ0v) is 13.4. The highest BCUT2D eigenvalue weighted by Gasteiger charge is 2.26. The van der Waals surface area contributed by atoms with E-state index in [2.05, 4.69) is 49.2 Å². The van der Waals surface area contributed by atoms with Crippen LogP contribution in [0, 0.1) is 6.92 Å². The molecule has 1 aliphatic heterocycles. The first-order valence-electron chi connectivity index (χ1n) is 7.95. The lowest BCUT2D eigenvalue weighted by atomic mass is 10.1. The Morgan fingerprint density at radius 3 is 2.90 bits per heavy atom. The second-order valence-corrected chi connectivity index (χ2v) is 5.97. The van der Waals surface area contributed by atoms with Crippen LogP contribution in [0.2, 0.25) is 0 Å². The molecule has 21 heavy (non-hydrogen) atoms. The SMILES string of the molecule is CCCNCc1cc(C)ccc1N1CC(C)OC(CO)C1. The van der Waals surface area contributed by atoms with Crippen LogP contribution in [0.4, 0.5) is 5.69 Å². The average Bonchev–Trinajstić information content (AvgIpc) is 2.47. The van der Waals surface area contributed by atoms with Crippen molar-refractivity contribution >= 4 is 5.69 Å². The summed E-state index contributed by atoms with van der Waals surface area (Å²) < 4.78 is 5.74. The molecule has 1 aliphatic rings. The first kappa shape index (κ1) is 16.3. The molecule has 118 valence electrons. The molecular formula is C17H28N2O2. The van der Waals surface area contributed by atoms with Crippen molar-refractivity contribution in [2.75, 3.05) is 31.1 Å². The van der Waals surface area contributed by atoms with Crippen molar-refractivity contribution in [3.8, 4) is 0 Å². The van der Waals surface area contributed by atoms with Gasteiger partial charge in [0.25, 0.3) is 0 Å². The molecule has 4 heteroatoms. The Balaban J connectivity index is 2.16. The maximum atomic E-state index is 9.40. The fourth-order valence-electron chi connectivity index (χ4n) is 2.91. The van der Waals surface area contributed by atoms with Gasteiger partial charge in [0.05, 0.1) is 18.8 Å². The molecule has 2 rings (SSSR count). The second-order valence-electron chi connectivity index (χ2n) is 5.97. The molecule has 1 heterocycles. The number of morpholine rings is 1. The molecule has 0 saturated carbocycles. The third-order valence-corrected chi connectivity index (χ3v) is 3.85. The molecule has 0 radical (unpaired) electrons. The van der Waals surface area contributed by atoms with Gasteiger partial charge in [-0.3, -0.25) is 0 Å². The zero-order chi connectivity index (χ0) is 15.2. The van der Waals surface area contributed by atoms with Gasteiger partial charge in [0.1, 0.15) is 0 Å². The van der Waals surface area contributed by atoms with Crippen LogP contribution in [0.3, 0.4) is 0 Å². The standard InChI is InChI=1S/C17H28N2O2/c1-4-7-18-9-15-8-13(2)5-6-17(15)19-10-14(3)21-16(11-19)12-20/h5-6,8,14,16,18,20H,4,7,9-12H2,1-3H3. The van der Waals surface area contributed by atoms with Crippen molar-refractivity contribution in [1.29, 1.82) is 0 Å². The zero-order valence-electron chi connectivity index (χ0n) is 13.4. The summed E-state index contributed by atoms with van der Waals surface area (Å²) in [7, 11) is 0. The first-order valence-corrected chi connectivity index (χ1v) is 7.95. The summed E-state index contributed by atoms with van der Waals surface area (Å²) in [6, 6.07) is 6.61. The van der Waals surface area contributed by atoms with Crippen LogP contribution in [0.25, 0.3) is 0 Å². The Bertz CT molecular complexity index is 450. The number of aliphatic hydroxyl groups excluding tert-OH is 1. The predicted molar refractivity (Wildman–Crippen MR) is 86.8 cm³/mol. The summed E-state index contributed by atoms with van der Waals surface area (Å²) in [6.07, 6.45) is 1.20. The van der Waals surface area contributed by atoms with E-state index in [1.807, 2.05) is 0 Å². The number of hydrogen-bond donors (Lipinski definition) is 2. The van der Waals surface area contributed by atoms with Crippen molar-refractivity contribution in [3.63, 3.8) is 0 Å². The highest BCUT2D eigenvalue weighted by atomic mass is 16.5. The van der Waals surface area contributed by atoms with Gasteiger partial charge >= 0.3 is 0 Å². The molecule has 0 aromatic heterocycles. The van der Waals surface area contributed by atoms with Crippen LogP contribution in [0.5, 0.6) is 0 Å². The molecule has 0 aliphatic carbocycles. The van der Waals surface area contributed by atoms with Crippen molar-refractivity contribution in [1.82, 2.24) is 5.32 Å². The average molecular weight is 292 g/mol. The smallest absolute Gasteiger partial charge is 0.0984 e. The number of rotatable bonds is 6. The van der Waals surface area contributed by atoms with E-state index < -0.39 is 0 Å². The number of hydrogen-bond acceptors (Lipinski definition) is 4. The van der Waals surface area contributed by atoms with Crippen LogP contribution in [0.1, 0.15) is 31.4 Å². The van der Waals surface area contributed by atoms with Crippen LogP contribution < -0.4 is 10.2 Å². The maximum Gasteiger partial charge on any atom is 0.0984 e. The largest absolute Gasteiger partial charge is 0.394 e. The van der Waals surface area contributed by atoms with E-state index in [1.54, 1.807) is 0 Å². The number of aliphatic hydroxyl groups is 1. The number of nitrogens with zero attached hydrogens (tertiary/aromatic N) is 1. The van der Waals surface area contributed by atoms with Crippen molar-refractivity contribution < 1.29 is 9.84 Å². The topological polar surface area (TPSA) is 44.7 Å². The van der Waals surface area contributed by atoms with Crippen LogP contribution in [-0.2, 0) is 11.3 Å². The van der Waals surface area contributed by atoms with Crippen LogP contribution in [0.15, 0.2) is 18.2 Å². The van der Waals surface area contributed by atoms with Gasteiger partial charge in [0.15, 0.2) is 0 Å². The van der Waals surface area contributed by atoms with Crippen LogP contribution in [-0.4, -0.2) is 43.6 Å². The lowest BCUT2D eigenvalue weighted by Gasteiger charge is -2.38. The number of aryl methyl sites for hydroxylation is 1. The molecule has 1 fully saturated rings. The molecule has 2 atom stereocenters. The fourth-order valence-corrected chi connectivity index (χ4v) is 2.91. The Morgan fingerprint density at radius 2 is 2.19 bits per heavy atom. The van der Waals surface area contributed by atoms with E-state index >= 15 is 0 Å². The summed E-state index contributed by atoms with van der Waals surface area (Å²) in [5.74, 6) is 0. The Labute approximate surface area is 128 Å². The first-order chi connectivity index (χ1) is 10.1. The molecule has 0 amide bonds. The number of benzene rings is 1. The Kier molecular flexibility index (Phi) is 6.03. The predicted octanol–water partition coefficient (Wildman–Crippen LogP) is 2.08. The van der Waals surface area contributed by atoms with E-state index in [0.717, 1.165) is 32.6 Å². The normalized spacial score (nSPS) is 22.6. The van der Waals surface area contributed by atoms with E-state index in [9.17, 15) is 5.11 Å². The monoisotopic (exact) mass is 292 g/mol. The summed E-state index contributed by atoms with van der Waals surface area (Å²) in [4.78, 5) is 2.34. The highest BCUT2D eigenvalue weighted by Crippen LogP contribution is 2.25. The molecule has 0 spiro atoms.